The highest BCUT2D eigenvalue weighted by molar-refractivity contribution is 5.74. The fourth-order valence-electron chi connectivity index (χ4n) is 4.99. The van der Waals surface area contributed by atoms with E-state index >= 15 is 0 Å². The van der Waals surface area contributed by atoms with Crippen molar-refractivity contribution in [1.82, 2.24) is 10.2 Å². The first-order valence-electron chi connectivity index (χ1n) is 11.7. The van der Waals surface area contributed by atoms with E-state index in [1.54, 1.807) is 0 Å². The number of para-hydroxylation sites is 1. The summed E-state index contributed by atoms with van der Waals surface area (Å²) in [6, 6.07) is 10.3. The van der Waals surface area contributed by atoms with Crippen LogP contribution < -0.4 is 10.1 Å². The summed E-state index contributed by atoms with van der Waals surface area (Å²) in [7, 11) is 0. The van der Waals surface area contributed by atoms with Crippen LogP contribution in [0.25, 0.3) is 0 Å². The zero-order valence-corrected chi connectivity index (χ0v) is 18.0. The van der Waals surface area contributed by atoms with E-state index in [-0.39, 0.29) is 17.7 Å². The Kier molecular flexibility index (Phi) is 7.50. The first kappa shape index (κ1) is 21.4. The van der Waals surface area contributed by atoms with E-state index in [9.17, 15) is 4.79 Å². The summed E-state index contributed by atoms with van der Waals surface area (Å²) in [4.78, 5) is 14.6. The molecule has 2 heterocycles. The smallest absolute Gasteiger partial charge is 0.317 e. The van der Waals surface area contributed by atoms with Crippen LogP contribution in [0.2, 0.25) is 0 Å². The molecule has 1 atom stereocenters. The second kappa shape index (κ2) is 10.5. The molecule has 6 heteroatoms. The van der Waals surface area contributed by atoms with Crippen molar-refractivity contribution < 1.29 is 19.0 Å². The third-order valence-corrected chi connectivity index (χ3v) is 6.79. The molecular formula is C24H36N2O4. The average molecular weight is 417 g/mol. The number of amides is 2. The monoisotopic (exact) mass is 416 g/mol. The molecule has 1 spiro atoms. The molecule has 166 valence electrons. The number of nitrogens with zero attached hydrogens (tertiary/aromatic N) is 1. The van der Waals surface area contributed by atoms with E-state index in [0.717, 1.165) is 64.0 Å². The quantitative estimate of drug-likeness (QED) is 0.708. The SMILES string of the molecule is O=C(NC1CCCCC1)N1CCC2(CC1)CC(OCCOc1ccccc1)CCO2. The molecule has 1 saturated carbocycles. The van der Waals surface area contributed by atoms with Gasteiger partial charge in [-0.3, -0.25) is 0 Å². The lowest BCUT2D eigenvalue weighted by atomic mass is 9.83. The van der Waals surface area contributed by atoms with Crippen LogP contribution in [0.1, 0.15) is 57.8 Å². The molecule has 3 fully saturated rings. The lowest BCUT2D eigenvalue weighted by molar-refractivity contribution is -0.153. The molecule has 1 aromatic carbocycles. The van der Waals surface area contributed by atoms with Crippen LogP contribution in [0.15, 0.2) is 30.3 Å². The maximum absolute atomic E-state index is 12.6. The summed E-state index contributed by atoms with van der Waals surface area (Å²) in [6.45, 7) is 3.41. The van der Waals surface area contributed by atoms with Gasteiger partial charge < -0.3 is 24.4 Å². The minimum absolute atomic E-state index is 0.110. The largest absolute Gasteiger partial charge is 0.491 e. The van der Waals surface area contributed by atoms with Gasteiger partial charge in [0.15, 0.2) is 0 Å². The molecule has 2 saturated heterocycles. The van der Waals surface area contributed by atoms with Gasteiger partial charge in [0.1, 0.15) is 12.4 Å². The van der Waals surface area contributed by atoms with Gasteiger partial charge in [-0.2, -0.15) is 0 Å². The van der Waals surface area contributed by atoms with E-state index < -0.39 is 0 Å². The topological polar surface area (TPSA) is 60.0 Å². The number of urea groups is 1. The second-order valence-corrected chi connectivity index (χ2v) is 8.95. The lowest BCUT2D eigenvalue weighted by Crippen LogP contribution is -2.55. The van der Waals surface area contributed by atoms with Crippen LogP contribution >= 0.6 is 0 Å². The molecule has 1 unspecified atom stereocenters. The molecule has 0 aromatic heterocycles. The number of carbonyl (C=O) groups is 1. The number of likely N-dealkylation sites (tertiary alicyclic amines) is 1. The van der Waals surface area contributed by atoms with Crippen molar-refractivity contribution in [3.63, 3.8) is 0 Å². The number of nitrogens with one attached hydrogen (secondary N) is 1. The fourth-order valence-corrected chi connectivity index (χ4v) is 4.99. The van der Waals surface area contributed by atoms with Crippen molar-refractivity contribution in [3.05, 3.63) is 30.3 Å². The Balaban J connectivity index is 1.17. The Morgan fingerprint density at radius 2 is 1.83 bits per heavy atom. The van der Waals surface area contributed by atoms with Crippen LogP contribution in [0.5, 0.6) is 5.75 Å². The van der Waals surface area contributed by atoms with Crippen LogP contribution in [0.4, 0.5) is 4.79 Å². The van der Waals surface area contributed by atoms with Crippen molar-refractivity contribution in [1.29, 1.82) is 0 Å². The third-order valence-electron chi connectivity index (χ3n) is 6.79. The molecular weight excluding hydrogens is 380 g/mol. The van der Waals surface area contributed by atoms with Gasteiger partial charge in [-0.25, -0.2) is 4.79 Å². The minimum Gasteiger partial charge on any atom is -0.491 e. The Morgan fingerprint density at radius 1 is 1.07 bits per heavy atom. The Morgan fingerprint density at radius 3 is 2.60 bits per heavy atom. The van der Waals surface area contributed by atoms with Crippen LogP contribution in [0.3, 0.4) is 0 Å². The molecule has 4 rings (SSSR count). The van der Waals surface area contributed by atoms with E-state index in [0.29, 0.717) is 19.3 Å². The zero-order chi connectivity index (χ0) is 20.7. The molecule has 2 aliphatic heterocycles. The van der Waals surface area contributed by atoms with Gasteiger partial charge >= 0.3 is 6.03 Å². The van der Waals surface area contributed by atoms with Gasteiger partial charge in [0.05, 0.1) is 18.3 Å². The molecule has 0 bridgehead atoms. The Bertz CT molecular complexity index is 654. The van der Waals surface area contributed by atoms with Crippen molar-refractivity contribution in [2.45, 2.75) is 75.5 Å². The maximum atomic E-state index is 12.6. The summed E-state index contributed by atoms with van der Waals surface area (Å²) in [5.41, 5.74) is -0.134. The van der Waals surface area contributed by atoms with E-state index in [4.69, 9.17) is 14.2 Å². The minimum atomic E-state index is -0.134. The summed E-state index contributed by atoms with van der Waals surface area (Å²) in [6.07, 6.45) is 9.86. The maximum Gasteiger partial charge on any atom is 0.317 e. The highest BCUT2D eigenvalue weighted by Gasteiger charge is 2.41. The highest BCUT2D eigenvalue weighted by atomic mass is 16.5. The summed E-state index contributed by atoms with van der Waals surface area (Å²) >= 11 is 0. The highest BCUT2D eigenvalue weighted by Crippen LogP contribution is 2.36. The van der Waals surface area contributed by atoms with Crippen molar-refractivity contribution in [2.24, 2.45) is 0 Å². The van der Waals surface area contributed by atoms with Crippen LogP contribution in [-0.2, 0) is 9.47 Å². The number of carbonyl (C=O) groups excluding carboxylic acids is 1. The molecule has 2 amide bonds. The molecule has 0 radical (unpaired) electrons. The number of benzene rings is 1. The summed E-state index contributed by atoms with van der Waals surface area (Å²) < 4.78 is 18.1. The van der Waals surface area contributed by atoms with Crippen LogP contribution in [-0.4, -0.2) is 61.6 Å². The molecule has 1 aromatic rings. The van der Waals surface area contributed by atoms with Crippen LogP contribution in [0, 0.1) is 0 Å². The third kappa shape index (κ3) is 5.88. The zero-order valence-electron chi connectivity index (χ0n) is 18.0. The Labute approximate surface area is 180 Å². The number of ether oxygens (including phenoxy) is 3. The first-order chi connectivity index (χ1) is 14.7. The predicted octanol–water partition coefficient (Wildman–Crippen LogP) is 4.14. The Hall–Kier alpha value is -1.79. The number of piperidine rings is 1. The molecule has 6 nitrogen and oxygen atoms in total. The van der Waals surface area contributed by atoms with Gasteiger partial charge in [-0.15, -0.1) is 0 Å². The normalized spacial score (nSPS) is 24.5. The average Bonchev–Trinajstić information content (AvgIpc) is 2.79. The van der Waals surface area contributed by atoms with E-state index in [1.165, 1.54) is 19.3 Å². The van der Waals surface area contributed by atoms with Crippen molar-refractivity contribution >= 4 is 6.03 Å². The summed E-state index contributed by atoms with van der Waals surface area (Å²) in [5, 5.41) is 3.24. The van der Waals surface area contributed by atoms with Gasteiger partial charge in [0, 0.05) is 32.2 Å². The summed E-state index contributed by atoms with van der Waals surface area (Å²) in [5.74, 6) is 0.878. The fraction of sp³-hybridized carbons (Fsp3) is 0.708. The van der Waals surface area contributed by atoms with E-state index in [1.807, 2.05) is 35.2 Å². The second-order valence-electron chi connectivity index (χ2n) is 8.95. The van der Waals surface area contributed by atoms with Gasteiger partial charge in [0.2, 0.25) is 0 Å². The molecule has 1 aliphatic carbocycles. The van der Waals surface area contributed by atoms with Gasteiger partial charge in [-0.05, 0) is 44.2 Å². The number of hydrogen-bond acceptors (Lipinski definition) is 4. The first-order valence-corrected chi connectivity index (χ1v) is 11.7. The molecule has 1 N–H and O–H groups in total. The van der Waals surface area contributed by atoms with Gasteiger partial charge in [-0.1, -0.05) is 37.5 Å². The molecule has 30 heavy (non-hydrogen) atoms. The molecule has 3 aliphatic rings. The number of hydrogen-bond donors (Lipinski definition) is 1. The number of rotatable bonds is 6. The van der Waals surface area contributed by atoms with E-state index in [2.05, 4.69) is 5.32 Å². The van der Waals surface area contributed by atoms with Crippen molar-refractivity contribution in [2.75, 3.05) is 32.9 Å². The lowest BCUT2D eigenvalue weighted by Gasteiger charge is -2.46. The van der Waals surface area contributed by atoms with Gasteiger partial charge in [0.25, 0.3) is 0 Å². The van der Waals surface area contributed by atoms with Crippen molar-refractivity contribution in [3.8, 4) is 5.75 Å². The predicted molar refractivity (Wildman–Crippen MR) is 116 cm³/mol. The standard InChI is InChI=1S/C24H36N2O4/c27-23(25-20-7-3-1-4-8-20)26-14-12-24(13-15-26)19-22(11-16-30-24)29-18-17-28-21-9-5-2-6-10-21/h2,5-6,9-10,20,22H,1,3-4,7-8,11-19H2,(H,25,27).